The Hall–Kier alpha value is -1.83. The molecule has 0 saturated heterocycles. The van der Waals surface area contributed by atoms with E-state index < -0.39 is 0 Å². The topological polar surface area (TPSA) is 26.3 Å². The van der Waals surface area contributed by atoms with E-state index in [1.807, 2.05) is 13.8 Å². The number of hydrogen-bond donors (Lipinski definition) is 0. The summed E-state index contributed by atoms with van der Waals surface area (Å²) in [7, 11) is 0. The van der Waals surface area contributed by atoms with Gasteiger partial charge in [-0.05, 0) is 52.8 Å². The molecule has 0 N–H and O–H groups in total. The van der Waals surface area contributed by atoms with Gasteiger partial charge in [0.05, 0.1) is 6.61 Å². The Kier molecular flexibility index (Phi) is 4.90. The van der Waals surface area contributed by atoms with Gasteiger partial charge in [0.1, 0.15) is 11.5 Å². The van der Waals surface area contributed by atoms with E-state index in [9.17, 15) is 4.79 Å². The molecule has 1 heterocycles. The molecule has 25 heavy (non-hydrogen) atoms. The lowest BCUT2D eigenvalue weighted by Gasteiger charge is -2.19. The lowest BCUT2D eigenvalue weighted by atomic mass is 9.85. The van der Waals surface area contributed by atoms with Gasteiger partial charge in [-0.3, -0.25) is 4.79 Å². The van der Waals surface area contributed by atoms with Crippen molar-refractivity contribution in [3.05, 3.63) is 40.5 Å². The number of ketones is 1. The van der Waals surface area contributed by atoms with E-state index in [-0.39, 0.29) is 5.92 Å². The molecule has 1 atom stereocenters. The van der Waals surface area contributed by atoms with Crippen LogP contribution in [0, 0.1) is 12.8 Å². The zero-order valence-corrected chi connectivity index (χ0v) is 16.4. The van der Waals surface area contributed by atoms with Gasteiger partial charge in [0.25, 0.3) is 0 Å². The van der Waals surface area contributed by atoms with E-state index in [0.717, 1.165) is 18.8 Å². The summed E-state index contributed by atoms with van der Waals surface area (Å²) in [5, 5.41) is 2.62. The van der Waals surface area contributed by atoms with E-state index in [1.54, 1.807) is 0 Å². The average Bonchev–Trinajstić information content (AvgIpc) is 2.94. The maximum Gasteiger partial charge on any atom is 0.135 e. The average molecular weight is 338 g/mol. The number of rotatable bonds is 5. The predicted octanol–water partition coefficient (Wildman–Crippen LogP) is 5.93. The molecule has 0 aliphatic carbocycles. The summed E-state index contributed by atoms with van der Waals surface area (Å²) in [5.74, 6) is 2.39. The summed E-state index contributed by atoms with van der Waals surface area (Å²) in [4.78, 5) is 12.2. The van der Waals surface area contributed by atoms with Crippen LogP contribution in [0.15, 0.2) is 18.2 Å². The second kappa shape index (κ2) is 6.82. The highest BCUT2D eigenvalue weighted by atomic mass is 16.5. The van der Waals surface area contributed by atoms with Gasteiger partial charge in [0, 0.05) is 23.8 Å². The van der Waals surface area contributed by atoms with Crippen LogP contribution >= 0.6 is 0 Å². The molecular weight excluding hydrogens is 308 g/mol. The second-order valence-electron chi connectivity index (χ2n) is 8.16. The van der Waals surface area contributed by atoms with E-state index in [0.29, 0.717) is 24.0 Å². The van der Waals surface area contributed by atoms with Crippen LogP contribution in [0.25, 0.3) is 10.8 Å². The molecule has 0 aromatic heterocycles. The highest BCUT2D eigenvalue weighted by Crippen LogP contribution is 2.46. The molecular formula is C23H30O2. The van der Waals surface area contributed by atoms with Crippen molar-refractivity contribution in [2.24, 2.45) is 5.92 Å². The predicted molar refractivity (Wildman–Crippen MR) is 105 cm³/mol. The van der Waals surface area contributed by atoms with Crippen molar-refractivity contribution in [2.75, 3.05) is 6.61 Å². The first-order chi connectivity index (χ1) is 11.8. The van der Waals surface area contributed by atoms with Crippen molar-refractivity contribution in [1.29, 1.82) is 0 Å². The third-order valence-electron chi connectivity index (χ3n) is 5.52. The number of carbonyl (C=O) groups is 1. The summed E-state index contributed by atoms with van der Waals surface area (Å²) in [6, 6.07) is 6.73. The first-order valence-corrected chi connectivity index (χ1v) is 9.55. The summed E-state index contributed by atoms with van der Waals surface area (Å²) >= 11 is 0. The van der Waals surface area contributed by atoms with Gasteiger partial charge >= 0.3 is 0 Å². The molecule has 0 saturated carbocycles. The van der Waals surface area contributed by atoms with Crippen LogP contribution in [0.5, 0.6) is 5.75 Å². The molecule has 3 rings (SSSR count). The quantitative estimate of drug-likeness (QED) is 0.676. The molecule has 2 heteroatoms. The van der Waals surface area contributed by atoms with Gasteiger partial charge in [0.15, 0.2) is 0 Å². The highest BCUT2D eigenvalue weighted by molar-refractivity contribution is 5.94. The van der Waals surface area contributed by atoms with Crippen LogP contribution in [0.1, 0.15) is 75.1 Å². The molecule has 0 radical (unpaired) electrons. The molecule has 2 nitrogen and oxygen atoms in total. The third-order valence-corrected chi connectivity index (χ3v) is 5.52. The fraction of sp³-hybridized carbons (Fsp3) is 0.522. The van der Waals surface area contributed by atoms with Gasteiger partial charge in [-0.25, -0.2) is 0 Å². The van der Waals surface area contributed by atoms with E-state index in [1.165, 1.54) is 33.0 Å². The maximum absolute atomic E-state index is 12.2. The monoisotopic (exact) mass is 338 g/mol. The number of ether oxygens (including phenoxy) is 1. The SMILES string of the molecule is Cc1ccc2cc(C(C)C)c3c(c2c1CCC(=O)C(C)C)[C@@H](C)CO3. The minimum atomic E-state index is 0.107. The third kappa shape index (κ3) is 3.19. The molecule has 134 valence electrons. The van der Waals surface area contributed by atoms with Crippen molar-refractivity contribution >= 4 is 16.6 Å². The summed E-state index contributed by atoms with van der Waals surface area (Å²) in [6.45, 7) is 13.6. The summed E-state index contributed by atoms with van der Waals surface area (Å²) < 4.78 is 6.10. The number of Topliss-reactive ketones (excluding diaryl/α,β-unsaturated/α-hetero) is 1. The van der Waals surface area contributed by atoms with Crippen molar-refractivity contribution in [2.45, 2.75) is 66.2 Å². The number of hydrogen-bond acceptors (Lipinski definition) is 2. The molecule has 2 aromatic carbocycles. The molecule has 2 aromatic rings. The smallest absolute Gasteiger partial charge is 0.135 e. The summed E-state index contributed by atoms with van der Waals surface area (Å²) in [5.41, 5.74) is 5.27. The van der Waals surface area contributed by atoms with Crippen LogP contribution in [0.4, 0.5) is 0 Å². The minimum Gasteiger partial charge on any atom is -0.492 e. The largest absolute Gasteiger partial charge is 0.492 e. The van der Waals surface area contributed by atoms with Gasteiger partial charge in [-0.15, -0.1) is 0 Å². The lowest BCUT2D eigenvalue weighted by molar-refractivity contribution is -0.121. The van der Waals surface area contributed by atoms with Crippen molar-refractivity contribution in [1.82, 2.24) is 0 Å². The van der Waals surface area contributed by atoms with Crippen molar-refractivity contribution in [3.63, 3.8) is 0 Å². The Morgan fingerprint density at radius 2 is 1.96 bits per heavy atom. The van der Waals surface area contributed by atoms with Gasteiger partial charge < -0.3 is 4.74 Å². The van der Waals surface area contributed by atoms with Crippen molar-refractivity contribution < 1.29 is 9.53 Å². The van der Waals surface area contributed by atoms with Crippen LogP contribution < -0.4 is 4.74 Å². The molecule has 1 aliphatic rings. The molecule has 0 spiro atoms. The lowest BCUT2D eigenvalue weighted by Crippen LogP contribution is -2.09. The zero-order valence-electron chi connectivity index (χ0n) is 16.4. The maximum atomic E-state index is 12.2. The molecule has 0 bridgehead atoms. The molecule has 0 fully saturated rings. The summed E-state index contributed by atoms with van der Waals surface area (Å²) in [6.07, 6.45) is 1.44. The van der Waals surface area contributed by atoms with Crippen LogP contribution in [0.3, 0.4) is 0 Å². The highest BCUT2D eigenvalue weighted by Gasteiger charge is 2.28. The molecule has 1 aliphatic heterocycles. The number of benzene rings is 2. The molecule has 0 amide bonds. The Morgan fingerprint density at radius 1 is 1.24 bits per heavy atom. The van der Waals surface area contributed by atoms with Crippen molar-refractivity contribution in [3.8, 4) is 5.75 Å². The Balaban J connectivity index is 2.19. The number of carbonyl (C=O) groups excluding carboxylic acids is 1. The first kappa shape index (κ1) is 18.0. The van der Waals surface area contributed by atoms with E-state index >= 15 is 0 Å². The Bertz CT molecular complexity index is 815. The fourth-order valence-corrected chi connectivity index (χ4v) is 3.92. The van der Waals surface area contributed by atoms with Gasteiger partial charge in [0.2, 0.25) is 0 Å². The normalized spacial score (nSPS) is 16.6. The van der Waals surface area contributed by atoms with Gasteiger partial charge in [-0.2, -0.15) is 0 Å². The second-order valence-corrected chi connectivity index (χ2v) is 8.16. The Morgan fingerprint density at radius 3 is 2.60 bits per heavy atom. The van der Waals surface area contributed by atoms with Gasteiger partial charge in [-0.1, -0.05) is 46.8 Å². The van der Waals surface area contributed by atoms with Crippen LogP contribution in [-0.2, 0) is 11.2 Å². The number of fused-ring (bicyclic) bond motifs is 3. The Labute approximate surface area is 151 Å². The molecule has 0 unspecified atom stereocenters. The van der Waals surface area contributed by atoms with Crippen LogP contribution in [-0.4, -0.2) is 12.4 Å². The fourth-order valence-electron chi connectivity index (χ4n) is 3.92. The first-order valence-electron chi connectivity index (χ1n) is 9.55. The van der Waals surface area contributed by atoms with E-state index in [4.69, 9.17) is 4.74 Å². The van der Waals surface area contributed by atoms with Crippen LogP contribution in [0.2, 0.25) is 0 Å². The minimum absolute atomic E-state index is 0.107. The standard InChI is InChI=1S/C23H30O2/c1-13(2)19-11-17-8-7-15(5)18(9-10-20(24)14(3)4)22(17)21-16(6)12-25-23(19)21/h7-8,11,13-14,16H,9-10,12H2,1-6H3/t16-/m0/s1. The zero-order chi connectivity index (χ0) is 18.3. The number of aryl methyl sites for hydroxylation is 2. The van der Waals surface area contributed by atoms with E-state index in [2.05, 4.69) is 45.9 Å².